The molecular formula is C21H21N3O4. The molecule has 3 aromatic rings. The molecule has 144 valence electrons. The predicted octanol–water partition coefficient (Wildman–Crippen LogP) is 4.87. The number of benzene rings is 2. The topological polar surface area (TPSA) is 96.3 Å². The molecule has 1 aromatic heterocycles. The van der Waals surface area contributed by atoms with Gasteiger partial charge in [0.25, 0.3) is 5.91 Å². The van der Waals surface area contributed by atoms with Crippen LogP contribution in [0.5, 0.6) is 17.4 Å². The van der Waals surface area contributed by atoms with Crippen molar-refractivity contribution in [2.24, 2.45) is 10.2 Å². The van der Waals surface area contributed by atoms with Gasteiger partial charge < -0.3 is 19.6 Å². The molecule has 2 N–H and O–H groups in total. The molecular weight excluding hydrogens is 358 g/mol. The van der Waals surface area contributed by atoms with E-state index in [0.29, 0.717) is 41.2 Å². The molecule has 0 unspecified atom stereocenters. The summed E-state index contributed by atoms with van der Waals surface area (Å²) in [4.78, 5) is 15.2. The van der Waals surface area contributed by atoms with Gasteiger partial charge in [-0.05, 0) is 29.2 Å². The van der Waals surface area contributed by atoms with Crippen LogP contribution in [0.4, 0.5) is 5.69 Å². The minimum Gasteiger partial charge on any atom is -0.493 e. The largest absolute Gasteiger partial charge is 0.493 e. The van der Waals surface area contributed by atoms with Crippen molar-refractivity contribution >= 4 is 22.5 Å². The van der Waals surface area contributed by atoms with E-state index in [9.17, 15) is 9.90 Å². The molecule has 0 saturated heterocycles. The normalized spacial score (nSPS) is 14.0. The van der Waals surface area contributed by atoms with Crippen molar-refractivity contribution in [3.8, 4) is 17.4 Å². The lowest BCUT2D eigenvalue weighted by Crippen LogP contribution is -2.15. The van der Waals surface area contributed by atoms with Crippen molar-refractivity contribution in [3.63, 3.8) is 0 Å². The lowest BCUT2D eigenvalue weighted by atomic mass is 9.87. The molecule has 0 atom stereocenters. The Balaban J connectivity index is 1.63. The molecule has 0 aliphatic carbocycles. The van der Waals surface area contributed by atoms with Crippen molar-refractivity contribution in [2.45, 2.75) is 26.2 Å². The smallest absolute Gasteiger partial charge is 0.295 e. The monoisotopic (exact) mass is 379 g/mol. The molecule has 0 bridgehead atoms. The van der Waals surface area contributed by atoms with Gasteiger partial charge >= 0.3 is 0 Å². The maximum Gasteiger partial charge on any atom is 0.295 e. The summed E-state index contributed by atoms with van der Waals surface area (Å²) in [5, 5.41) is 18.6. The lowest BCUT2D eigenvalue weighted by molar-refractivity contribution is 0.0995. The number of azo groups is 1. The number of aromatic hydroxyl groups is 1. The Labute approximate surface area is 162 Å². The number of carbonyl (C=O) groups is 1. The summed E-state index contributed by atoms with van der Waals surface area (Å²) in [6, 6.07) is 10.7. The number of carbonyl (C=O) groups excluding carboxylic acids is 1. The molecule has 1 aliphatic heterocycles. The van der Waals surface area contributed by atoms with E-state index in [0.717, 1.165) is 5.56 Å². The van der Waals surface area contributed by atoms with Gasteiger partial charge in [-0.2, -0.15) is 0 Å². The second kappa shape index (κ2) is 6.67. The van der Waals surface area contributed by atoms with Crippen LogP contribution in [0.15, 0.2) is 46.6 Å². The van der Waals surface area contributed by atoms with E-state index in [1.54, 1.807) is 24.3 Å². The van der Waals surface area contributed by atoms with Gasteiger partial charge in [0.15, 0.2) is 17.2 Å². The van der Waals surface area contributed by atoms with Gasteiger partial charge in [-0.1, -0.05) is 32.9 Å². The maximum atomic E-state index is 12.4. The van der Waals surface area contributed by atoms with Gasteiger partial charge in [0.05, 0.1) is 5.52 Å². The number of H-pyrrole nitrogens is 1. The number of aromatic amines is 1. The Morgan fingerprint density at radius 2 is 1.71 bits per heavy atom. The summed E-state index contributed by atoms with van der Waals surface area (Å²) in [7, 11) is 0. The number of nitrogens with one attached hydrogen (secondary N) is 1. The van der Waals surface area contributed by atoms with E-state index < -0.39 is 5.91 Å². The molecule has 0 saturated carbocycles. The fourth-order valence-electron chi connectivity index (χ4n) is 3.07. The number of amides is 1. The second-order valence-electron chi connectivity index (χ2n) is 7.70. The zero-order valence-electron chi connectivity index (χ0n) is 15.9. The van der Waals surface area contributed by atoms with E-state index in [2.05, 4.69) is 36.0 Å². The molecule has 7 heteroatoms. The number of rotatable bonds is 2. The van der Waals surface area contributed by atoms with Crippen LogP contribution in [0.3, 0.4) is 0 Å². The summed E-state index contributed by atoms with van der Waals surface area (Å²) in [5.41, 5.74) is 2.38. The van der Waals surface area contributed by atoms with Gasteiger partial charge in [0.1, 0.15) is 13.2 Å². The van der Waals surface area contributed by atoms with Crippen LogP contribution in [-0.4, -0.2) is 29.2 Å². The van der Waals surface area contributed by atoms with Crippen LogP contribution < -0.4 is 9.47 Å². The van der Waals surface area contributed by atoms with Gasteiger partial charge in [0.2, 0.25) is 5.88 Å². The Morgan fingerprint density at radius 3 is 2.36 bits per heavy atom. The van der Waals surface area contributed by atoms with E-state index >= 15 is 0 Å². The van der Waals surface area contributed by atoms with Crippen LogP contribution in [-0.2, 0) is 5.41 Å². The summed E-state index contributed by atoms with van der Waals surface area (Å²) in [6.07, 6.45) is 0. The molecule has 2 aromatic carbocycles. The van der Waals surface area contributed by atoms with Gasteiger partial charge in [0, 0.05) is 17.0 Å². The summed E-state index contributed by atoms with van der Waals surface area (Å²) >= 11 is 0. The van der Waals surface area contributed by atoms with Crippen LogP contribution in [0.1, 0.15) is 36.7 Å². The minimum absolute atomic E-state index is 0.00382. The first-order valence-corrected chi connectivity index (χ1v) is 9.04. The molecule has 28 heavy (non-hydrogen) atoms. The number of hydrogen-bond donors (Lipinski definition) is 2. The van der Waals surface area contributed by atoms with Crippen molar-refractivity contribution in [1.29, 1.82) is 0 Å². The van der Waals surface area contributed by atoms with E-state index in [-0.39, 0.29) is 17.0 Å². The lowest BCUT2D eigenvalue weighted by Gasteiger charge is -2.18. The highest BCUT2D eigenvalue weighted by Gasteiger charge is 2.19. The summed E-state index contributed by atoms with van der Waals surface area (Å²) in [6.45, 7) is 7.25. The number of fused-ring (bicyclic) bond motifs is 2. The summed E-state index contributed by atoms with van der Waals surface area (Å²) in [5.74, 6) is 0.514. The number of hydrogen-bond acceptors (Lipinski definition) is 5. The highest BCUT2D eigenvalue weighted by atomic mass is 16.6. The number of aromatic nitrogens is 1. The molecule has 1 amide bonds. The van der Waals surface area contributed by atoms with Crippen molar-refractivity contribution in [3.05, 3.63) is 47.5 Å². The van der Waals surface area contributed by atoms with Crippen LogP contribution >= 0.6 is 0 Å². The Kier molecular flexibility index (Phi) is 4.30. The van der Waals surface area contributed by atoms with Crippen LogP contribution in [0.2, 0.25) is 0 Å². The Bertz CT molecular complexity index is 1080. The third kappa shape index (κ3) is 3.31. The molecule has 7 nitrogen and oxygen atoms in total. The Morgan fingerprint density at radius 1 is 1.07 bits per heavy atom. The molecule has 0 spiro atoms. The quantitative estimate of drug-likeness (QED) is 0.621. The highest BCUT2D eigenvalue weighted by molar-refractivity contribution is 5.98. The van der Waals surface area contributed by atoms with E-state index in [1.807, 2.05) is 12.1 Å². The first kappa shape index (κ1) is 18.0. The van der Waals surface area contributed by atoms with Crippen molar-refractivity contribution < 1.29 is 19.4 Å². The number of ether oxygens (including phenoxy) is 2. The fraction of sp³-hybridized carbons (Fsp3) is 0.286. The highest BCUT2D eigenvalue weighted by Crippen LogP contribution is 2.42. The van der Waals surface area contributed by atoms with E-state index in [4.69, 9.17) is 9.47 Å². The zero-order valence-corrected chi connectivity index (χ0v) is 15.9. The fourth-order valence-corrected chi connectivity index (χ4v) is 3.07. The molecule has 0 fully saturated rings. The molecule has 0 radical (unpaired) electrons. The molecule has 1 aliphatic rings. The van der Waals surface area contributed by atoms with Crippen molar-refractivity contribution in [1.82, 2.24) is 4.98 Å². The van der Waals surface area contributed by atoms with Crippen LogP contribution in [0, 0.1) is 0 Å². The van der Waals surface area contributed by atoms with E-state index in [1.165, 1.54) is 0 Å². The average Bonchev–Trinajstić information content (AvgIpc) is 2.97. The minimum atomic E-state index is -0.480. The number of nitrogens with zero attached hydrogens (tertiary/aromatic N) is 2. The molecule has 2 heterocycles. The Hall–Kier alpha value is -3.35. The maximum absolute atomic E-state index is 12.4. The zero-order chi connectivity index (χ0) is 19.9. The van der Waals surface area contributed by atoms with Gasteiger partial charge in [-0.3, -0.25) is 4.79 Å². The second-order valence-corrected chi connectivity index (χ2v) is 7.70. The average molecular weight is 379 g/mol. The standard InChI is InChI=1S/C21H21N3O4/c1-21(2,3)13-6-4-12(5-7-13)19(25)24-23-18-14-10-16-17(28-9-8-27-16)11-15(14)22-20(18)26/h4-7,10-11,22,26H,8-9H2,1-3H3. The first-order valence-electron chi connectivity index (χ1n) is 9.04. The first-order chi connectivity index (χ1) is 13.3. The van der Waals surface area contributed by atoms with Crippen LogP contribution in [0.25, 0.3) is 10.9 Å². The third-order valence-electron chi connectivity index (χ3n) is 4.65. The summed E-state index contributed by atoms with van der Waals surface area (Å²) < 4.78 is 11.1. The molecule has 4 rings (SSSR count). The van der Waals surface area contributed by atoms with Gasteiger partial charge in [-0.25, -0.2) is 0 Å². The third-order valence-corrected chi connectivity index (χ3v) is 4.65. The predicted molar refractivity (Wildman–Crippen MR) is 105 cm³/mol. The van der Waals surface area contributed by atoms with Gasteiger partial charge in [-0.15, -0.1) is 10.2 Å². The van der Waals surface area contributed by atoms with Crippen molar-refractivity contribution in [2.75, 3.05) is 13.2 Å². The SMILES string of the molecule is CC(C)(C)c1ccc(C(=O)N=Nc2c(O)[nH]c3cc4c(cc23)OCCO4)cc1.